The van der Waals surface area contributed by atoms with Gasteiger partial charge < -0.3 is 35.8 Å². The number of rotatable bonds is 17. The summed E-state index contributed by atoms with van der Waals surface area (Å²) in [5.74, 6) is -0.355. The van der Waals surface area contributed by atoms with Crippen LogP contribution < -0.4 is 26.0 Å². The Kier molecular flexibility index (Phi) is 16.2. The average Bonchev–Trinajstić information content (AvgIpc) is 3.56. The fourth-order valence-corrected chi connectivity index (χ4v) is 6.91. The standard InChI is InChI=1S/C38H62N4O7/c1-7-13-30(40-36(46)32(42-37(47)49-38(3,4)5)24-27-18-20-29(48-6)21-19-27)35(45)41-31(23-26-14-9-8-10-15-26)33(43)22-25(2)34(44)39-28-16-11-12-17-28/h18-21,25-26,28,30-33,43H,7-17,22-24H2,1-6H3,(H,39,44)(H,40,46)(H,41,45)(H,42,47)/t25-,30+,31+,32+,33+/m1/s1. The third-order valence-electron chi connectivity index (χ3n) is 9.66. The summed E-state index contributed by atoms with van der Waals surface area (Å²) in [4.78, 5) is 53.4. The van der Waals surface area contributed by atoms with E-state index in [1.807, 2.05) is 26.0 Å². The number of benzene rings is 1. The van der Waals surface area contributed by atoms with E-state index >= 15 is 0 Å². The summed E-state index contributed by atoms with van der Waals surface area (Å²) in [6, 6.07) is 4.92. The average molecular weight is 687 g/mol. The molecule has 5 atom stereocenters. The lowest BCUT2D eigenvalue weighted by molar-refractivity contribution is -0.131. The van der Waals surface area contributed by atoms with Crippen molar-refractivity contribution >= 4 is 23.8 Å². The molecule has 0 heterocycles. The molecule has 0 saturated heterocycles. The largest absolute Gasteiger partial charge is 0.497 e. The Morgan fingerprint density at radius 3 is 2.06 bits per heavy atom. The highest BCUT2D eigenvalue weighted by molar-refractivity contribution is 5.91. The Balaban J connectivity index is 1.74. The van der Waals surface area contributed by atoms with Crippen LogP contribution in [0.5, 0.6) is 5.75 Å². The molecule has 11 heteroatoms. The van der Waals surface area contributed by atoms with Crippen LogP contribution >= 0.6 is 0 Å². The first kappa shape index (κ1) is 40.1. The summed E-state index contributed by atoms with van der Waals surface area (Å²) in [6.07, 6.45) is 10.0. The van der Waals surface area contributed by atoms with E-state index in [1.165, 1.54) is 6.42 Å². The Hall–Kier alpha value is -3.34. The molecular weight excluding hydrogens is 624 g/mol. The fraction of sp³-hybridized carbons (Fsp3) is 0.737. The summed E-state index contributed by atoms with van der Waals surface area (Å²) in [5.41, 5.74) is 0.0221. The Labute approximate surface area is 293 Å². The van der Waals surface area contributed by atoms with E-state index < -0.39 is 53.7 Å². The first-order valence-electron chi connectivity index (χ1n) is 18.5. The number of carbonyl (C=O) groups excluding carboxylic acids is 4. The quantitative estimate of drug-likeness (QED) is 0.149. The topological polar surface area (TPSA) is 155 Å². The van der Waals surface area contributed by atoms with Crippen molar-refractivity contribution in [3.8, 4) is 5.75 Å². The number of aliphatic hydroxyl groups is 1. The number of methoxy groups -OCH3 is 1. The second kappa shape index (κ2) is 19.7. The van der Waals surface area contributed by atoms with Crippen molar-refractivity contribution in [2.45, 2.75) is 160 Å². The van der Waals surface area contributed by atoms with Crippen LogP contribution in [0.3, 0.4) is 0 Å². The van der Waals surface area contributed by atoms with Crippen molar-refractivity contribution in [2.75, 3.05) is 7.11 Å². The maximum atomic E-state index is 13.9. The molecule has 4 amide bonds. The van der Waals surface area contributed by atoms with E-state index in [0.717, 1.165) is 56.9 Å². The number of nitrogens with one attached hydrogen (secondary N) is 4. The molecule has 2 aliphatic carbocycles. The van der Waals surface area contributed by atoms with Gasteiger partial charge in [0.15, 0.2) is 0 Å². The molecule has 0 radical (unpaired) electrons. The SMILES string of the molecule is CCC[C@H](NC(=O)[C@H](Cc1ccc(OC)cc1)NC(=O)OC(C)(C)C)C(=O)N[C@@H](CC1CCCCC1)[C@@H](O)C[C@@H](C)C(=O)NC1CCCC1. The normalized spacial score (nSPS) is 18.8. The second-order valence-electron chi connectivity index (χ2n) is 15.1. The van der Waals surface area contributed by atoms with Gasteiger partial charge in [-0.1, -0.05) is 77.3 Å². The van der Waals surface area contributed by atoms with E-state index in [2.05, 4.69) is 21.3 Å². The molecule has 3 rings (SSSR count). The van der Waals surface area contributed by atoms with Crippen LogP contribution in [0.4, 0.5) is 4.79 Å². The molecule has 0 unspecified atom stereocenters. The van der Waals surface area contributed by atoms with Crippen LogP contribution in [0.25, 0.3) is 0 Å². The molecule has 0 spiro atoms. The predicted octanol–water partition coefficient (Wildman–Crippen LogP) is 5.32. The van der Waals surface area contributed by atoms with Gasteiger partial charge in [-0.3, -0.25) is 14.4 Å². The zero-order chi connectivity index (χ0) is 36.0. The molecule has 276 valence electrons. The van der Waals surface area contributed by atoms with Crippen molar-refractivity contribution in [1.82, 2.24) is 21.3 Å². The monoisotopic (exact) mass is 686 g/mol. The van der Waals surface area contributed by atoms with Crippen molar-refractivity contribution in [2.24, 2.45) is 11.8 Å². The van der Waals surface area contributed by atoms with E-state index in [-0.39, 0.29) is 24.8 Å². The van der Waals surface area contributed by atoms with Gasteiger partial charge in [0.25, 0.3) is 0 Å². The summed E-state index contributed by atoms with van der Waals surface area (Å²) in [6.45, 7) is 8.99. The molecule has 1 aromatic carbocycles. The van der Waals surface area contributed by atoms with E-state index in [1.54, 1.807) is 40.0 Å². The van der Waals surface area contributed by atoms with Gasteiger partial charge in [0.05, 0.1) is 19.3 Å². The van der Waals surface area contributed by atoms with Gasteiger partial charge in [-0.25, -0.2) is 4.79 Å². The van der Waals surface area contributed by atoms with Crippen LogP contribution in [0, 0.1) is 11.8 Å². The third-order valence-corrected chi connectivity index (χ3v) is 9.66. The number of aliphatic hydroxyl groups excluding tert-OH is 1. The minimum absolute atomic E-state index is 0.0646. The lowest BCUT2D eigenvalue weighted by atomic mass is 9.82. The molecule has 0 aromatic heterocycles. The first-order chi connectivity index (χ1) is 23.3. The smallest absolute Gasteiger partial charge is 0.408 e. The van der Waals surface area contributed by atoms with Gasteiger partial charge in [0.1, 0.15) is 23.4 Å². The number of alkyl carbamates (subject to hydrolysis) is 1. The number of hydrogen-bond acceptors (Lipinski definition) is 7. The van der Waals surface area contributed by atoms with Crippen LogP contribution in [-0.4, -0.2) is 71.9 Å². The molecule has 5 N–H and O–H groups in total. The first-order valence-corrected chi connectivity index (χ1v) is 18.5. The zero-order valence-electron chi connectivity index (χ0n) is 30.6. The molecule has 2 fully saturated rings. The Bertz CT molecular complexity index is 1190. The number of amides is 4. The van der Waals surface area contributed by atoms with E-state index in [0.29, 0.717) is 30.9 Å². The minimum Gasteiger partial charge on any atom is -0.497 e. The Morgan fingerprint density at radius 1 is 0.857 bits per heavy atom. The summed E-state index contributed by atoms with van der Waals surface area (Å²) in [7, 11) is 1.57. The lowest BCUT2D eigenvalue weighted by Crippen LogP contribution is -2.57. The van der Waals surface area contributed by atoms with Gasteiger partial charge in [0, 0.05) is 18.4 Å². The zero-order valence-corrected chi connectivity index (χ0v) is 30.6. The predicted molar refractivity (Wildman–Crippen MR) is 190 cm³/mol. The van der Waals surface area contributed by atoms with E-state index in [4.69, 9.17) is 9.47 Å². The number of carbonyl (C=O) groups is 4. The van der Waals surface area contributed by atoms with Crippen molar-refractivity contribution in [1.29, 1.82) is 0 Å². The van der Waals surface area contributed by atoms with Crippen LogP contribution in [-0.2, 0) is 25.5 Å². The lowest BCUT2D eigenvalue weighted by Gasteiger charge is -2.32. The molecule has 11 nitrogen and oxygen atoms in total. The van der Waals surface area contributed by atoms with E-state index in [9.17, 15) is 24.3 Å². The van der Waals surface area contributed by atoms with Gasteiger partial charge in [-0.2, -0.15) is 0 Å². The third kappa shape index (κ3) is 14.2. The second-order valence-corrected chi connectivity index (χ2v) is 15.1. The summed E-state index contributed by atoms with van der Waals surface area (Å²) >= 11 is 0. The molecule has 1 aromatic rings. The molecular formula is C38H62N4O7. The van der Waals surface area contributed by atoms with Gasteiger partial charge in [-0.05, 0) is 76.5 Å². The number of ether oxygens (including phenoxy) is 2. The van der Waals surface area contributed by atoms with Crippen molar-refractivity contribution < 1.29 is 33.8 Å². The fourth-order valence-electron chi connectivity index (χ4n) is 6.91. The molecule has 2 aliphatic rings. The van der Waals surface area contributed by atoms with Crippen LogP contribution in [0.1, 0.15) is 124 Å². The molecule has 0 bridgehead atoms. The van der Waals surface area contributed by atoms with Gasteiger partial charge in [0.2, 0.25) is 17.7 Å². The maximum Gasteiger partial charge on any atom is 0.408 e. The summed E-state index contributed by atoms with van der Waals surface area (Å²) in [5, 5.41) is 23.3. The van der Waals surface area contributed by atoms with Crippen molar-refractivity contribution in [3.63, 3.8) is 0 Å². The highest BCUT2D eigenvalue weighted by Crippen LogP contribution is 2.29. The van der Waals surface area contributed by atoms with Crippen LogP contribution in [0.2, 0.25) is 0 Å². The van der Waals surface area contributed by atoms with Crippen molar-refractivity contribution in [3.05, 3.63) is 29.8 Å². The highest BCUT2D eigenvalue weighted by atomic mass is 16.6. The maximum absolute atomic E-state index is 13.9. The van der Waals surface area contributed by atoms with Crippen LogP contribution in [0.15, 0.2) is 24.3 Å². The highest BCUT2D eigenvalue weighted by Gasteiger charge is 2.33. The molecule has 0 aliphatic heterocycles. The number of hydrogen-bond donors (Lipinski definition) is 5. The van der Waals surface area contributed by atoms with Gasteiger partial charge >= 0.3 is 6.09 Å². The Morgan fingerprint density at radius 2 is 1.47 bits per heavy atom. The molecule has 49 heavy (non-hydrogen) atoms. The minimum atomic E-state index is -1.02. The van der Waals surface area contributed by atoms with Gasteiger partial charge in [-0.15, -0.1) is 0 Å². The summed E-state index contributed by atoms with van der Waals surface area (Å²) < 4.78 is 10.7. The molecule has 2 saturated carbocycles.